The second kappa shape index (κ2) is 3.81. The predicted octanol–water partition coefficient (Wildman–Crippen LogP) is 2.93. The summed E-state index contributed by atoms with van der Waals surface area (Å²) in [5, 5.41) is 11.2. The van der Waals surface area contributed by atoms with Crippen molar-refractivity contribution in [3.8, 4) is 6.07 Å². The Balaban J connectivity index is 3.52. The molecular weight excluding hydrogens is 205 g/mol. The van der Waals surface area contributed by atoms with Crippen LogP contribution in [0.5, 0.6) is 0 Å². The summed E-state index contributed by atoms with van der Waals surface area (Å²) in [6.45, 7) is 1.34. The molecule has 0 aliphatic heterocycles. The maximum atomic E-state index is 12.6. The van der Waals surface area contributed by atoms with Gasteiger partial charge in [-0.1, -0.05) is 0 Å². The summed E-state index contributed by atoms with van der Waals surface area (Å²) in [5.41, 5.74) is -0.791. The smallest absolute Gasteiger partial charge is 0.388 e. The Morgan fingerprint density at radius 2 is 1.93 bits per heavy atom. The number of benzene rings is 1. The monoisotopic (exact) mass is 214 g/mol. The van der Waals surface area contributed by atoms with Crippen molar-refractivity contribution in [1.29, 1.82) is 5.26 Å². The first-order chi connectivity index (χ1) is 6.91. The van der Waals surface area contributed by atoms with Crippen LogP contribution in [0, 0.1) is 18.3 Å². The highest BCUT2D eigenvalue weighted by atomic mass is 19.4. The summed E-state index contributed by atoms with van der Waals surface area (Å²) >= 11 is 0. The molecular formula is C10H9F3N2. The zero-order chi connectivity index (χ0) is 11.6. The number of alkyl halides is 3. The number of hydrogen-bond donors (Lipinski definition) is 1. The molecule has 1 aromatic carbocycles. The van der Waals surface area contributed by atoms with Gasteiger partial charge in [-0.3, -0.25) is 0 Å². The molecule has 0 aliphatic carbocycles. The largest absolute Gasteiger partial charge is 0.418 e. The minimum absolute atomic E-state index is 0.0454. The summed E-state index contributed by atoms with van der Waals surface area (Å²) in [6.07, 6.45) is -4.50. The zero-order valence-electron chi connectivity index (χ0n) is 8.24. The molecule has 1 rings (SSSR count). The molecule has 0 radical (unpaired) electrons. The lowest BCUT2D eigenvalue weighted by molar-refractivity contribution is -0.138. The van der Waals surface area contributed by atoms with Crippen LogP contribution in [0.25, 0.3) is 0 Å². The Labute approximate surface area is 85.3 Å². The van der Waals surface area contributed by atoms with Crippen LogP contribution in [-0.4, -0.2) is 7.05 Å². The van der Waals surface area contributed by atoms with E-state index >= 15 is 0 Å². The molecule has 0 heterocycles. The molecule has 15 heavy (non-hydrogen) atoms. The average molecular weight is 214 g/mol. The molecule has 0 saturated carbocycles. The van der Waals surface area contributed by atoms with Crippen LogP contribution < -0.4 is 5.32 Å². The van der Waals surface area contributed by atoms with E-state index in [4.69, 9.17) is 5.26 Å². The summed E-state index contributed by atoms with van der Waals surface area (Å²) < 4.78 is 37.9. The van der Waals surface area contributed by atoms with Gasteiger partial charge in [-0.2, -0.15) is 18.4 Å². The first-order valence-electron chi connectivity index (χ1n) is 4.20. The summed E-state index contributed by atoms with van der Waals surface area (Å²) in [7, 11) is 1.54. The van der Waals surface area contributed by atoms with E-state index in [1.807, 2.05) is 0 Å². The fraction of sp³-hybridized carbons (Fsp3) is 0.300. The van der Waals surface area contributed by atoms with Crippen molar-refractivity contribution in [3.63, 3.8) is 0 Å². The molecule has 0 aromatic heterocycles. The zero-order valence-corrected chi connectivity index (χ0v) is 8.24. The van der Waals surface area contributed by atoms with E-state index in [-0.39, 0.29) is 11.1 Å². The molecule has 0 atom stereocenters. The number of rotatable bonds is 1. The van der Waals surface area contributed by atoms with Crippen LogP contribution in [0.4, 0.5) is 18.9 Å². The van der Waals surface area contributed by atoms with Crippen molar-refractivity contribution in [2.75, 3.05) is 12.4 Å². The third-order valence-corrected chi connectivity index (χ3v) is 2.14. The Kier molecular flexibility index (Phi) is 2.89. The lowest BCUT2D eigenvalue weighted by Gasteiger charge is -2.15. The van der Waals surface area contributed by atoms with Gasteiger partial charge in [-0.15, -0.1) is 0 Å². The van der Waals surface area contributed by atoms with Crippen molar-refractivity contribution < 1.29 is 13.2 Å². The minimum atomic E-state index is -4.50. The Bertz CT molecular complexity index is 416. The SMILES string of the molecule is CNc1ccc(C#N)c(C(F)(F)F)c1C. The van der Waals surface area contributed by atoms with Crippen LogP contribution in [0.2, 0.25) is 0 Å². The van der Waals surface area contributed by atoms with Gasteiger partial charge in [0.25, 0.3) is 0 Å². The van der Waals surface area contributed by atoms with Gasteiger partial charge in [0.05, 0.1) is 17.2 Å². The van der Waals surface area contributed by atoms with Gasteiger partial charge in [-0.05, 0) is 24.6 Å². The van der Waals surface area contributed by atoms with Crippen LogP contribution in [0.3, 0.4) is 0 Å². The summed E-state index contributed by atoms with van der Waals surface area (Å²) in [6, 6.07) is 4.18. The van der Waals surface area contributed by atoms with Gasteiger partial charge in [0.2, 0.25) is 0 Å². The van der Waals surface area contributed by atoms with E-state index in [9.17, 15) is 13.2 Å². The molecule has 0 fully saturated rings. The second-order valence-electron chi connectivity index (χ2n) is 3.02. The Morgan fingerprint density at radius 3 is 2.33 bits per heavy atom. The molecule has 0 aliphatic rings. The third-order valence-electron chi connectivity index (χ3n) is 2.14. The van der Waals surface area contributed by atoms with E-state index in [2.05, 4.69) is 5.32 Å². The number of halogens is 3. The number of anilines is 1. The van der Waals surface area contributed by atoms with Gasteiger partial charge < -0.3 is 5.32 Å². The predicted molar refractivity (Wildman–Crippen MR) is 50.4 cm³/mol. The molecule has 5 heteroatoms. The van der Waals surface area contributed by atoms with Gasteiger partial charge in [-0.25, -0.2) is 0 Å². The summed E-state index contributed by atoms with van der Waals surface area (Å²) in [4.78, 5) is 0. The van der Waals surface area contributed by atoms with Crippen molar-refractivity contribution in [3.05, 3.63) is 28.8 Å². The number of nitrogens with zero attached hydrogens (tertiary/aromatic N) is 1. The standard InChI is InChI=1S/C10H9F3N2/c1-6-8(15-2)4-3-7(5-14)9(6)10(11,12)13/h3-4,15H,1-2H3. The lowest BCUT2D eigenvalue weighted by Crippen LogP contribution is -2.11. The molecule has 1 aromatic rings. The normalized spacial score (nSPS) is 10.9. The molecule has 0 amide bonds. The van der Waals surface area contributed by atoms with Crippen molar-refractivity contribution in [1.82, 2.24) is 0 Å². The molecule has 0 saturated heterocycles. The van der Waals surface area contributed by atoms with E-state index in [1.54, 1.807) is 6.07 Å². The highest BCUT2D eigenvalue weighted by Crippen LogP contribution is 2.36. The quantitative estimate of drug-likeness (QED) is 0.780. The minimum Gasteiger partial charge on any atom is -0.388 e. The highest BCUT2D eigenvalue weighted by molar-refractivity contribution is 5.59. The fourth-order valence-corrected chi connectivity index (χ4v) is 1.44. The van der Waals surface area contributed by atoms with Crippen LogP contribution >= 0.6 is 0 Å². The molecule has 0 bridgehead atoms. The molecule has 0 spiro atoms. The molecule has 1 N–H and O–H groups in total. The Hall–Kier alpha value is -1.70. The van der Waals surface area contributed by atoms with Crippen molar-refractivity contribution in [2.24, 2.45) is 0 Å². The van der Waals surface area contributed by atoms with Crippen LogP contribution in [0.15, 0.2) is 12.1 Å². The highest BCUT2D eigenvalue weighted by Gasteiger charge is 2.36. The number of nitrogens with one attached hydrogen (secondary N) is 1. The lowest BCUT2D eigenvalue weighted by atomic mass is 10.0. The van der Waals surface area contributed by atoms with Crippen molar-refractivity contribution in [2.45, 2.75) is 13.1 Å². The van der Waals surface area contributed by atoms with Gasteiger partial charge in [0.1, 0.15) is 0 Å². The van der Waals surface area contributed by atoms with Crippen LogP contribution in [-0.2, 0) is 6.18 Å². The first-order valence-corrected chi connectivity index (χ1v) is 4.20. The number of nitriles is 1. The molecule has 2 nitrogen and oxygen atoms in total. The average Bonchev–Trinajstić information content (AvgIpc) is 2.15. The van der Waals surface area contributed by atoms with Crippen molar-refractivity contribution >= 4 is 5.69 Å². The topological polar surface area (TPSA) is 35.8 Å². The van der Waals surface area contributed by atoms with E-state index in [0.29, 0.717) is 5.69 Å². The fourth-order valence-electron chi connectivity index (χ4n) is 1.44. The van der Waals surface area contributed by atoms with Gasteiger partial charge in [0, 0.05) is 12.7 Å². The van der Waals surface area contributed by atoms with E-state index in [1.165, 1.54) is 26.1 Å². The van der Waals surface area contributed by atoms with Gasteiger partial charge >= 0.3 is 6.18 Å². The van der Waals surface area contributed by atoms with E-state index < -0.39 is 11.7 Å². The number of hydrogen-bond acceptors (Lipinski definition) is 2. The first kappa shape index (κ1) is 11.4. The van der Waals surface area contributed by atoms with E-state index in [0.717, 1.165) is 0 Å². The Morgan fingerprint density at radius 1 is 1.33 bits per heavy atom. The second-order valence-corrected chi connectivity index (χ2v) is 3.02. The third kappa shape index (κ3) is 2.04. The maximum Gasteiger partial charge on any atom is 0.418 e. The van der Waals surface area contributed by atoms with Crippen LogP contribution in [0.1, 0.15) is 16.7 Å². The molecule has 80 valence electrons. The maximum absolute atomic E-state index is 12.6. The van der Waals surface area contributed by atoms with Gasteiger partial charge in [0.15, 0.2) is 0 Å². The summed E-state index contributed by atoms with van der Waals surface area (Å²) in [5.74, 6) is 0. The molecule has 0 unspecified atom stereocenters.